The van der Waals surface area contributed by atoms with Gasteiger partial charge in [-0.15, -0.1) is 0 Å². The van der Waals surface area contributed by atoms with Gasteiger partial charge in [-0.2, -0.15) is 5.10 Å². The van der Waals surface area contributed by atoms with Crippen molar-refractivity contribution in [1.29, 1.82) is 0 Å². The first kappa shape index (κ1) is 14.8. The van der Waals surface area contributed by atoms with Crippen LogP contribution in [-0.4, -0.2) is 54.0 Å². The molecule has 1 aromatic heterocycles. The number of aromatic amines is 1. The SMILES string of the molecule is Cc1ccc(-c2cc(C(=O)N(C)C3CS(=O)(=O)C3)[nH]n2)cc1. The van der Waals surface area contributed by atoms with Crippen LogP contribution in [-0.2, 0) is 9.84 Å². The molecule has 1 fully saturated rings. The van der Waals surface area contributed by atoms with Crippen molar-refractivity contribution in [2.45, 2.75) is 13.0 Å². The smallest absolute Gasteiger partial charge is 0.271 e. The highest BCUT2D eigenvalue weighted by molar-refractivity contribution is 7.92. The Morgan fingerprint density at radius 3 is 2.50 bits per heavy atom. The Balaban J connectivity index is 1.76. The molecule has 0 saturated carbocycles. The molecule has 0 bridgehead atoms. The summed E-state index contributed by atoms with van der Waals surface area (Å²) in [6, 6.07) is 9.30. The molecule has 0 atom stereocenters. The number of carbonyl (C=O) groups is 1. The number of sulfone groups is 1. The lowest BCUT2D eigenvalue weighted by Crippen LogP contribution is -2.53. The average molecular weight is 319 g/mol. The number of amides is 1. The lowest BCUT2D eigenvalue weighted by Gasteiger charge is -2.33. The summed E-state index contributed by atoms with van der Waals surface area (Å²) >= 11 is 0. The van der Waals surface area contributed by atoms with Crippen LogP contribution < -0.4 is 0 Å². The molecule has 0 aliphatic carbocycles. The third kappa shape index (κ3) is 2.76. The summed E-state index contributed by atoms with van der Waals surface area (Å²) in [5, 5.41) is 6.89. The largest absolute Gasteiger partial charge is 0.335 e. The highest BCUT2D eigenvalue weighted by Crippen LogP contribution is 2.21. The van der Waals surface area contributed by atoms with E-state index in [0.29, 0.717) is 11.4 Å². The van der Waals surface area contributed by atoms with Gasteiger partial charge in [0.2, 0.25) is 0 Å². The van der Waals surface area contributed by atoms with Crippen molar-refractivity contribution in [3.63, 3.8) is 0 Å². The summed E-state index contributed by atoms with van der Waals surface area (Å²) in [5.74, 6) is -0.173. The summed E-state index contributed by atoms with van der Waals surface area (Å²) in [4.78, 5) is 13.8. The zero-order valence-corrected chi connectivity index (χ0v) is 13.2. The van der Waals surface area contributed by atoms with Crippen molar-refractivity contribution in [2.24, 2.45) is 0 Å². The van der Waals surface area contributed by atoms with E-state index in [1.807, 2.05) is 31.2 Å². The van der Waals surface area contributed by atoms with Crippen LogP contribution in [0.3, 0.4) is 0 Å². The van der Waals surface area contributed by atoms with Gasteiger partial charge in [-0.3, -0.25) is 9.89 Å². The van der Waals surface area contributed by atoms with Crippen LogP contribution in [0.15, 0.2) is 30.3 Å². The molecule has 1 saturated heterocycles. The molecule has 116 valence electrons. The monoisotopic (exact) mass is 319 g/mol. The van der Waals surface area contributed by atoms with Crippen molar-refractivity contribution in [3.8, 4) is 11.3 Å². The molecule has 3 rings (SSSR count). The molecular formula is C15H17N3O3S. The predicted octanol–water partition coefficient (Wildman–Crippen LogP) is 1.25. The highest BCUT2D eigenvalue weighted by Gasteiger charge is 2.38. The van der Waals surface area contributed by atoms with Gasteiger partial charge in [0.25, 0.3) is 5.91 Å². The summed E-state index contributed by atoms with van der Waals surface area (Å²) in [7, 11) is -1.33. The fourth-order valence-corrected chi connectivity index (χ4v) is 3.94. The van der Waals surface area contributed by atoms with Crippen LogP contribution in [0.1, 0.15) is 16.1 Å². The Morgan fingerprint density at radius 1 is 1.27 bits per heavy atom. The minimum atomic E-state index is -2.95. The van der Waals surface area contributed by atoms with Crippen molar-refractivity contribution in [1.82, 2.24) is 15.1 Å². The average Bonchev–Trinajstić information content (AvgIpc) is 2.93. The first-order valence-electron chi connectivity index (χ1n) is 6.96. The molecule has 7 heteroatoms. The van der Waals surface area contributed by atoms with E-state index in [1.165, 1.54) is 4.90 Å². The van der Waals surface area contributed by atoms with Gasteiger partial charge in [-0.25, -0.2) is 8.42 Å². The maximum absolute atomic E-state index is 12.3. The van der Waals surface area contributed by atoms with E-state index in [9.17, 15) is 13.2 Å². The highest BCUT2D eigenvalue weighted by atomic mass is 32.2. The first-order valence-corrected chi connectivity index (χ1v) is 8.78. The van der Waals surface area contributed by atoms with E-state index in [2.05, 4.69) is 10.2 Å². The second-order valence-corrected chi connectivity index (χ2v) is 7.83. The van der Waals surface area contributed by atoms with Crippen molar-refractivity contribution in [3.05, 3.63) is 41.6 Å². The zero-order chi connectivity index (χ0) is 15.9. The van der Waals surface area contributed by atoms with Gasteiger partial charge >= 0.3 is 0 Å². The van der Waals surface area contributed by atoms with Crippen molar-refractivity contribution in [2.75, 3.05) is 18.6 Å². The summed E-state index contributed by atoms with van der Waals surface area (Å²) in [5.41, 5.74) is 3.14. The fourth-order valence-electron chi connectivity index (χ4n) is 2.42. The number of nitrogens with zero attached hydrogens (tertiary/aromatic N) is 2. The van der Waals surface area contributed by atoms with Gasteiger partial charge in [-0.05, 0) is 13.0 Å². The molecule has 22 heavy (non-hydrogen) atoms. The number of rotatable bonds is 3. The molecule has 1 amide bonds. The van der Waals surface area contributed by atoms with Gasteiger partial charge in [0.15, 0.2) is 9.84 Å². The van der Waals surface area contributed by atoms with Gasteiger partial charge in [-0.1, -0.05) is 29.8 Å². The molecule has 0 spiro atoms. The van der Waals surface area contributed by atoms with E-state index in [-0.39, 0.29) is 23.5 Å². The molecular weight excluding hydrogens is 302 g/mol. The second kappa shape index (κ2) is 5.24. The second-order valence-electron chi connectivity index (χ2n) is 5.68. The summed E-state index contributed by atoms with van der Waals surface area (Å²) in [6.45, 7) is 2.00. The Bertz CT molecular complexity index is 797. The minimum absolute atomic E-state index is 0.0359. The molecule has 6 nitrogen and oxygen atoms in total. The van der Waals surface area contributed by atoms with Crippen LogP contribution in [0, 0.1) is 6.92 Å². The number of aryl methyl sites for hydroxylation is 1. The number of nitrogens with one attached hydrogen (secondary N) is 1. The summed E-state index contributed by atoms with van der Waals surface area (Å²) in [6.07, 6.45) is 0. The lowest BCUT2D eigenvalue weighted by molar-refractivity contribution is 0.0744. The lowest BCUT2D eigenvalue weighted by atomic mass is 10.1. The Labute approximate surface area is 129 Å². The van der Waals surface area contributed by atoms with Crippen LogP contribution in [0.4, 0.5) is 0 Å². The Morgan fingerprint density at radius 2 is 1.91 bits per heavy atom. The first-order chi connectivity index (χ1) is 10.4. The maximum Gasteiger partial charge on any atom is 0.271 e. The van der Waals surface area contributed by atoms with Crippen LogP contribution in [0.25, 0.3) is 11.3 Å². The number of benzene rings is 1. The molecule has 2 heterocycles. The van der Waals surface area contributed by atoms with Gasteiger partial charge in [0.05, 0.1) is 23.2 Å². The van der Waals surface area contributed by atoms with Gasteiger partial charge < -0.3 is 4.90 Å². The quantitative estimate of drug-likeness (QED) is 0.923. The number of hydrogen-bond acceptors (Lipinski definition) is 4. The van der Waals surface area contributed by atoms with Gasteiger partial charge in [0, 0.05) is 12.6 Å². The molecule has 2 aromatic rings. The number of carbonyl (C=O) groups excluding carboxylic acids is 1. The molecule has 0 radical (unpaired) electrons. The van der Waals surface area contributed by atoms with Crippen molar-refractivity contribution < 1.29 is 13.2 Å². The van der Waals surface area contributed by atoms with E-state index in [1.54, 1.807) is 13.1 Å². The van der Waals surface area contributed by atoms with E-state index in [0.717, 1.165) is 11.1 Å². The molecule has 1 aliphatic heterocycles. The van der Waals surface area contributed by atoms with Crippen molar-refractivity contribution >= 4 is 15.7 Å². The van der Waals surface area contributed by atoms with Crippen LogP contribution in [0.2, 0.25) is 0 Å². The predicted molar refractivity (Wildman–Crippen MR) is 83.3 cm³/mol. The van der Waals surface area contributed by atoms with Gasteiger partial charge in [0.1, 0.15) is 5.69 Å². The van der Waals surface area contributed by atoms with E-state index < -0.39 is 9.84 Å². The molecule has 0 unspecified atom stereocenters. The summed E-state index contributed by atoms with van der Waals surface area (Å²) < 4.78 is 22.4. The number of hydrogen-bond donors (Lipinski definition) is 1. The Hall–Kier alpha value is -2.15. The Kier molecular flexibility index (Phi) is 3.52. The normalized spacial score (nSPS) is 17.0. The number of aromatic nitrogens is 2. The van der Waals surface area contributed by atoms with Crippen LogP contribution in [0.5, 0.6) is 0 Å². The maximum atomic E-state index is 12.3. The third-order valence-corrected chi connectivity index (χ3v) is 5.70. The third-order valence-electron chi connectivity index (χ3n) is 3.92. The van der Waals surface area contributed by atoms with Crippen LogP contribution >= 0.6 is 0 Å². The minimum Gasteiger partial charge on any atom is -0.335 e. The topological polar surface area (TPSA) is 83.1 Å². The molecule has 1 aliphatic rings. The fraction of sp³-hybridized carbons (Fsp3) is 0.333. The van der Waals surface area contributed by atoms with E-state index >= 15 is 0 Å². The molecule has 1 N–H and O–H groups in total. The standard InChI is InChI=1S/C15H17N3O3S/c1-10-3-5-11(6-4-10)13-7-14(17-16-13)15(19)18(2)12-8-22(20,21)9-12/h3-7,12H,8-9H2,1-2H3,(H,16,17). The van der Waals surface area contributed by atoms with E-state index in [4.69, 9.17) is 0 Å². The number of H-pyrrole nitrogens is 1. The zero-order valence-electron chi connectivity index (χ0n) is 12.4. The molecule has 1 aromatic carbocycles.